The van der Waals surface area contributed by atoms with Gasteiger partial charge in [0.25, 0.3) is 5.56 Å². The molecule has 182 valence electrons. The Balaban J connectivity index is 1.97. The largest absolute Gasteiger partial charge is 0.383 e. The van der Waals surface area contributed by atoms with Gasteiger partial charge in [-0.25, -0.2) is 4.79 Å². The summed E-state index contributed by atoms with van der Waals surface area (Å²) in [5.74, 6) is 2.48. The van der Waals surface area contributed by atoms with E-state index in [1.54, 1.807) is 0 Å². The number of hydrogen-bond donors (Lipinski definition) is 2. The van der Waals surface area contributed by atoms with Crippen molar-refractivity contribution in [1.82, 2.24) is 14.5 Å². The molecule has 1 aliphatic rings. The Hall–Kier alpha value is -3.31. The van der Waals surface area contributed by atoms with Gasteiger partial charge in [0.1, 0.15) is 5.82 Å². The molecule has 1 amide bonds. The Bertz CT molecular complexity index is 1120. The van der Waals surface area contributed by atoms with Crippen molar-refractivity contribution < 1.29 is 4.79 Å². The summed E-state index contributed by atoms with van der Waals surface area (Å²) in [5, 5.41) is 0. The van der Waals surface area contributed by atoms with Crippen molar-refractivity contribution in [2.45, 2.75) is 58.5 Å². The van der Waals surface area contributed by atoms with Crippen molar-refractivity contribution in [1.29, 1.82) is 0 Å². The van der Waals surface area contributed by atoms with Crippen LogP contribution in [-0.2, 0) is 11.3 Å². The second-order valence-electron chi connectivity index (χ2n) is 9.36. The molecule has 8 nitrogen and oxygen atoms in total. The van der Waals surface area contributed by atoms with Crippen molar-refractivity contribution in [3.8, 4) is 12.3 Å². The number of terminal acetylenes is 1. The van der Waals surface area contributed by atoms with E-state index in [0.717, 1.165) is 31.2 Å². The molecule has 0 saturated heterocycles. The smallest absolute Gasteiger partial charge is 0.330 e. The van der Waals surface area contributed by atoms with E-state index in [0.29, 0.717) is 13.1 Å². The van der Waals surface area contributed by atoms with Crippen LogP contribution in [0.15, 0.2) is 39.9 Å². The van der Waals surface area contributed by atoms with E-state index in [1.807, 2.05) is 49.1 Å². The molecule has 0 unspecified atom stereocenters. The number of nitrogen functional groups attached to an aromatic ring is 1. The summed E-state index contributed by atoms with van der Waals surface area (Å²) in [6, 6.07) is 9.60. The molecule has 2 aromatic rings. The van der Waals surface area contributed by atoms with Crippen molar-refractivity contribution in [3.63, 3.8) is 0 Å². The first-order chi connectivity index (χ1) is 16.3. The minimum absolute atomic E-state index is 0.0125. The number of carbonyl (C=O) groups excluding carboxylic acids is 1. The first kappa shape index (κ1) is 25.3. The first-order valence-electron chi connectivity index (χ1n) is 12.0. The highest BCUT2D eigenvalue weighted by atomic mass is 16.2. The predicted octanol–water partition coefficient (Wildman–Crippen LogP) is 2.42. The van der Waals surface area contributed by atoms with Gasteiger partial charge in [0.2, 0.25) is 5.91 Å². The molecule has 8 heteroatoms. The number of anilines is 2. The zero-order valence-electron chi connectivity index (χ0n) is 20.1. The van der Waals surface area contributed by atoms with Crippen LogP contribution in [0.3, 0.4) is 0 Å². The average molecular weight is 466 g/mol. The highest BCUT2D eigenvalue weighted by Gasteiger charge is 2.29. The Morgan fingerprint density at radius 1 is 1.21 bits per heavy atom. The lowest BCUT2D eigenvalue weighted by Crippen LogP contribution is -2.49. The molecule has 0 aliphatic heterocycles. The normalized spacial score (nSPS) is 14.3. The summed E-state index contributed by atoms with van der Waals surface area (Å²) >= 11 is 0. The third kappa shape index (κ3) is 6.17. The van der Waals surface area contributed by atoms with E-state index < -0.39 is 11.2 Å². The highest BCUT2D eigenvalue weighted by Crippen LogP contribution is 2.24. The SMILES string of the molecule is C#CCN(CC(=O)N(CC(C)C)c1c(N)n(Cc2ccccc2)c(=O)[nH]c1=O)C1CCCCC1. The Morgan fingerprint density at radius 2 is 1.88 bits per heavy atom. The Labute approximate surface area is 200 Å². The third-order valence-corrected chi connectivity index (χ3v) is 6.24. The Kier molecular flexibility index (Phi) is 8.72. The number of amides is 1. The lowest BCUT2D eigenvalue weighted by molar-refractivity contribution is -0.120. The van der Waals surface area contributed by atoms with Crippen LogP contribution in [0, 0.1) is 18.3 Å². The van der Waals surface area contributed by atoms with Crippen LogP contribution >= 0.6 is 0 Å². The maximum Gasteiger partial charge on any atom is 0.330 e. The summed E-state index contributed by atoms with van der Waals surface area (Å²) in [6.45, 7) is 4.87. The standard InChI is InChI=1S/C26H35N5O3/c1-4-15-29(21-13-9-6-10-14-21)18-22(32)30(16-19(2)3)23-24(27)31(26(34)28-25(23)33)17-20-11-7-5-8-12-20/h1,5,7-8,11-12,19,21H,6,9-10,13-18,27H2,2-3H3,(H,28,33,34). The number of carbonyl (C=O) groups is 1. The molecule has 0 atom stereocenters. The summed E-state index contributed by atoms with van der Waals surface area (Å²) in [6.07, 6.45) is 11.0. The summed E-state index contributed by atoms with van der Waals surface area (Å²) in [5.41, 5.74) is 5.98. The average Bonchev–Trinajstić information content (AvgIpc) is 2.81. The van der Waals surface area contributed by atoms with Gasteiger partial charge in [0.05, 0.1) is 19.6 Å². The van der Waals surface area contributed by atoms with E-state index in [-0.39, 0.29) is 42.5 Å². The number of nitrogens with zero attached hydrogens (tertiary/aromatic N) is 3. The van der Waals surface area contributed by atoms with Gasteiger partial charge in [-0.15, -0.1) is 6.42 Å². The van der Waals surface area contributed by atoms with Crippen molar-refractivity contribution >= 4 is 17.4 Å². The van der Waals surface area contributed by atoms with Crippen LogP contribution in [0.2, 0.25) is 0 Å². The number of aromatic nitrogens is 2. The van der Waals surface area contributed by atoms with Crippen molar-refractivity contribution in [3.05, 3.63) is 56.7 Å². The molecule has 1 aliphatic carbocycles. The number of nitrogens with two attached hydrogens (primary N) is 1. The maximum absolute atomic E-state index is 13.6. The van der Waals surface area contributed by atoms with E-state index in [2.05, 4.69) is 10.9 Å². The van der Waals surface area contributed by atoms with E-state index in [1.165, 1.54) is 15.9 Å². The van der Waals surface area contributed by atoms with Crippen LogP contribution in [0.4, 0.5) is 11.5 Å². The predicted molar refractivity (Wildman–Crippen MR) is 136 cm³/mol. The summed E-state index contributed by atoms with van der Waals surface area (Å²) < 4.78 is 1.30. The van der Waals surface area contributed by atoms with Gasteiger partial charge in [0.15, 0.2) is 5.69 Å². The molecule has 0 bridgehead atoms. The molecule has 0 radical (unpaired) electrons. The summed E-state index contributed by atoms with van der Waals surface area (Å²) in [4.78, 5) is 44.9. The number of H-pyrrole nitrogens is 1. The Morgan fingerprint density at radius 3 is 2.50 bits per heavy atom. The maximum atomic E-state index is 13.6. The second-order valence-corrected chi connectivity index (χ2v) is 9.36. The molecule has 3 N–H and O–H groups in total. The first-order valence-corrected chi connectivity index (χ1v) is 12.0. The molecule has 1 aromatic carbocycles. The topological polar surface area (TPSA) is 104 Å². The highest BCUT2D eigenvalue weighted by molar-refractivity contribution is 5.97. The second kappa shape index (κ2) is 11.7. The third-order valence-electron chi connectivity index (χ3n) is 6.24. The van der Waals surface area contributed by atoms with Gasteiger partial charge < -0.3 is 10.6 Å². The zero-order chi connectivity index (χ0) is 24.7. The number of nitrogens with one attached hydrogen (secondary N) is 1. The van der Waals surface area contributed by atoms with Gasteiger partial charge in [0, 0.05) is 12.6 Å². The van der Waals surface area contributed by atoms with E-state index in [9.17, 15) is 14.4 Å². The number of benzene rings is 1. The van der Waals surface area contributed by atoms with Gasteiger partial charge in [-0.3, -0.25) is 24.0 Å². The molecule has 0 spiro atoms. The molecule has 3 rings (SSSR count). The quantitative estimate of drug-likeness (QED) is 0.554. The fourth-order valence-electron chi connectivity index (χ4n) is 4.58. The number of hydrogen-bond acceptors (Lipinski definition) is 5. The van der Waals surface area contributed by atoms with Gasteiger partial charge in [-0.1, -0.05) is 69.4 Å². The van der Waals surface area contributed by atoms with Gasteiger partial charge in [-0.05, 0) is 24.3 Å². The molecular formula is C26H35N5O3. The minimum Gasteiger partial charge on any atom is -0.383 e. The molecule has 1 saturated carbocycles. The van der Waals surface area contributed by atoms with E-state index >= 15 is 0 Å². The van der Waals surface area contributed by atoms with Crippen LogP contribution in [0.5, 0.6) is 0 Å². The fraction of sp³-hybridized carbons (Fsp3) is 0.500. The zero-order valence-corrected chi connectivity index (χ0v) is 20.1. The minimum atomic E-state index is -0.665. The van der Waals surface area contributed by atoms with Crippen LogP contribution < -0.4 is 21.9 Å². The number of aromatic amines is 1. The fourth-order valence-corrected chi connectivity index (χ4v) is 4.58. The monoisotopic (exact) mass is 465 g/mol. The van der Waals surface area contributed by atoms with Crippen LogP contribution in [-0.4, -0.2) is 46.0 Å². The molecular weight excluding hydrogens is 430 g/mol. The van der Waals surface area contributed by atoms with Crippen molar-refractivity contribution in [2.75, 3.05) is 30.3 Å². The van der Waals surface area contributed by atoms with Gasteiger partial charge >= 0.3 is 5.69 Å². The lowest BCUT2D eigenvalue weighted by atomic mass is 9.94. The lowest BCUT2D eigenvalue weighted by Gasteiger charge is -2.34. The molecule has 34 heavy (non-hydrogen) atoms. The number of rotatable bonds is 9. The van der Waals surface area contributed by atoms with E-state index in [4.69, 9.17) is 12.2 Å². The summed E-state index contributed by atoms with van der Waals surface area (Å²) in [7, 11) is 0. The molecule has 1 heterocycles. The van der Waals surface area contributed by atoms with Crippen LogP contribution in [0.25, 0.3) is 0 Å². The van der Waals surface area contributed by atoms with Crippen molar-refractivity contribution in [2.24, 2.45) is 5.92 Å². The van der Waals surface area contributed by atoms with Crippen LogP contribution in [0.1, 0.15) is 51.5 Å². The van der Waals surface area contributed by atoms with Gasteiger partial charge in [-0.2, -0.15) is 0 Å². The molecule has 1 aromatic heterocycles. The molecule has 1 fully saturated rings.